The molecule has 4 rings (SSSR count). The van der Waals surface area contributed by atoms with E-state index in [1.165, 1.54) is 0 Å². The molecule has 0 aromatic heterocycles. The van der Waals surface area contributed by atoms with Gasteiger partial charge in [-0.15, -0.1) is 0 Å². The largest absolute Gasteiger partial charge is 0.462 e. The number of benzene rings is 2. The van der Waals surface area contributed by atoms with Crippen LogP contribution in [0.5, 0.6) is 0 Å². The number of hydrogen-bond donors (Lipinski definition) is 1. The van der Waals surface area contributed by atoms with Crippen LogP contribution in [0.1, 0.15) is 43.2 Å². The van der Waals surface area contributed by atoms with Gasteiger partial charge in [0.05, 0.1) is 12.2 Å². The lowest BCUT2D eigenvalue weighted by Gasteiger charge is -2.34. The van der Waals surface area contributed by atoms with Gasteiger partial charge in [-0.2, -0.15) is 0 Å². The standard InChI is InChI=1S/C25H24ClNO3/c1-16-22(25(29)30-14-13-17-7-3-2-4-8-17)23(18-9-5-10-19(26)15-18)24-20(27-16)11-6-12-21(24)28/h2-5,7-10,15,23,27H,6,11-14H2,1H3/t23-/m1/s1. The van der Waals surface area contributed by atoms with Gasteiger partial charge in [0.25, 0.3) is 0 Å². The minimum absolute atomic E-state index is 0.0795. The van der Waals surface area contributed by atoms with Gasteiger partial charge in [-0.3, -0.25) is 4.79 Å². The summed E-state index contributed by atoms with van der Waals surface area (Å²) in [6.45, 7) is 2.15. The van der Waals surface area contributed by atoms with Crippen molar-refractivity contribution in [3.05, 3.63) is 93.3 Å². The number of carbonyl (C=O) groups is 2. The zero-order valence-electron chi connectivity index (χ0n) is 16.9. The van der Waals surface area contributed by atoms with Crippen molar-refractivity contribution in [1.29, 1.82) is 0 Å². The maximum absolute atomic E-state index is 13.2. The molecule has 1 atom stereocenters. The first kappa shape index (κ1) is 20.4. The van der Waals surface area contributed by atoms with E-state index >= 15 is 0 Å². The van der Waals surface area contributed by atoms with Crippen LogP contribution in [0.3, 0.4) is 0 Å². The van der Waals surface area contributed by atoms with Crippen molar-refractivity contribution < 1.29 is 14.3 Å². The van der Waals surface area contributed by atoms with E-state index in [0.717, 1.165) is 35.4 Å². The van der Waals surface area contributed by atoms with Crippen LogP contribution in [-0.4, -0.2) is 18.4 Å². The van der Waals surface area contributed by atoms with E-state index in [2.05, 4.69) is 5.32 Å². The fourth-order valence-electron chi connectivity index (χ4n) is 4.26. The van der Waals surface area contributed by atoms with E-state index in [4.69, 9.17) is 16.3 Å². The number of Topliss-reactive ketones (excluding diaryl/α,β-unsaturated/α-hetero) is 1. The molecule has 0 saturated heterocycles. The average Bonchev–Trinajstić information content (AvgIpc) is 2.73. The average molecular weight is 422 g/mol. The Hall–Kier alpha value is -2.85. The Morgan fingerprint density at radius 2 is 1.93 bits per heavy atom. The summed E-state index contributed by atoms with van der Waals surface area (Å²) >= 11 is 6.24. The third-order valence-corrected chi connectivity index (χ3v) is 5.88. The normalized spacial score (nSPS) is 18.7. The Morgan fingerprint density at radius 3 is 2.70 bits per heavy atom. The summed E-state index contributed by atoms with van der Waals surface area (Å²) in [6, 6.07) is 17.3. The molecule has 0 bridgehead atoms. The maximum atomic E-state index is 13.2. The van der Waals surface area contributed by atoms with Crippen LogP contribution in [0, 0.1) is 0 Å². The van der Waals surface area contributed by atoms with Crippen molar-refractivity contribution in [2.75, 3.05) is 6.61 Å². The number of carbonyl (C=O) groups excluding carboxylic acids is 2. The Bertz CT molecular complexity index is 1040. The molecule has 154 valence electrons. The number of dihydropyridines is 1. The Labute approximate surface area is 181 Å². The quantitative estimate of drug-likeness (QED) is 0.683. The van der Waals surface area contributed by atoms with Crippen LogP contribution < -0.4 is 5.32 Å². The number of allylic oxidation sites excluding steroid dienone is 3. The second kappa shape index (κ2) is 8.88. The van der Waals surface area contributed by atoms with E-state index in [0.29, 0.717) is 29.0 Å². The summed E-state index contributed by atoms with van der Waals surface area (Å²) in [4.78, 5) is 26.0. The second-order valence-electron chi connectivity index (χ2n) is 7.69. The molecule has 0 amide bonds. The van der Waals surface area contributed by atoms with E-state index in [9.17, 15) is 9.59 Å². The van der Waals surface area contributed by atoms with E-state index in [1.807, 2.05) is 55.5 Å². The van der Waals surface area contributed by atoms with Crippen LogP contribution in [-0.2, 0) is 20.7 Å². The second-order valence-corrected chi connectivity index (χ2v) is 8.13. The highest BCUT2D eigenvalue weighted by Crippen LogP contribution is 2.42. The molecule has 2 aliphatic rings. The van der Waals surface area contributed by atoms with Crippen molar-refractivity contribution >= 4 is 23.4 Å². The lowest BCUT2D eigenvalue weighted by molar-refractivity contribution is -0.139. The number of ether oxygens (including phenoxy) is 1. The molecule has 5 heteroatoms. The molecule has 2 aromatic carbocycles. The van der Waals surface area contributed by atoms with Gasteiger partial charge in [0.2, 0.25) is 0 Å². The summed E-state index contributed by atoms with van der Waals surface area (Å²) in [5.74, 6) is -0.779. The third-order valence-electron chi connectivity index (χ3n) is 5.64. The molecule has 1 N–H and O–H groups in total. The summed E-state index contributed by atoms with van der Waals surface area (Å²) in [6.07, 6.45) is 2.75. The van der Waals surface area contributed by atoms with Gasteiger partial charge in [-0.25, -0.2) is 4.79 Å². The minimum Gasteiger partial charge on any atom is -0.462 e. The number of hydrogen-bond acceptors (Lipinski definition) is 4. The molecule has 30 heavy (non-hydrogen) atoms. The molecule has 0 unspecified atom stereocenters. The first-order chi connectivity index (χ1) is 14.5. The fourth-order valence-corrected chi connectivity index (χ4v) is 4.46. The molecule has 1 heterocycles. The molecule has 0 saturated carbocycles. The van der Waals surface area contributed by atoms with Crippen LogP contribution in [0.4, 0.5) is 0 Å². The maximum Gasteiger partial charge on any atom is 0.336 e. The lowest BCUT2D eigenvalue weighted by atomic mass is 9.75. The molecule has 0 radical (unpaired) electrons. The van der Waals surface area contributed by atoms with Gasteiger partial charge < -0.3 is 10.1 Å². The van der Waals surface area contributed by atoms with Crippen LogP contribution in [0.25, 0.3) is 0 Å². The molecular formula is C25H24ClNO3. The summed E-state index contributed by atoms with van der Waals surface area (Å²) in [5, 5.41) is 3.88. The molecular weight excluding hydrogens is 398 g/mol. The van der Waals surface area contributed by atoms with Crippen molar-refractivity contribution in [1.82, 2.24) is 5.32 Å². The highest BCUT2D eigenvalue weighted by Gasteiger charge is 2.39. The summed E-state index contributed by atoms with van der Waals surface area (Å²) in [7, 11) is 0. The van der Waals surface area contributed by atoms with Gasteiger partial charge in [0, 0.05) is 40.7 Å². The number of rotatable bonds is 5. The predicted molar refractivity (Wildman–Crippen MR) is 117 cm³/mol. The zero-order valence-corrected chi connectivity index (χ0v) is 17.7. The molecule has 1 aliphatic heterocycles. The molecule has 1 aliphatic carbocycles. The fraction of sp³-hybridized carbons (Fsp3) is 0.280. The van der Waals surface area contributed by atoms with Crippen molar-refractivity contribution in [2.45, 2.75) is 38.5 Å². The van der Waals surface area contributed by atoms with Crippen molar-refractivity contribution in [3.8, 4) is 0 Å². The van der Waals surface area contributed by atoms with Crippen LogP contribution >= 0.6 is 11.6 Å². The van der Waals surface area contributed by atoms with E-state index < -0.39 is 11.9 Å². The molecule has 4 nitrogen and oxygen atoms in total. The molecule has 0 spiro atoms. The number of nitrogens with one attached hydrogen (secondary N) is 1. The first-order valence-corrected chi connectivity index (χ1v) is 10.6. The van der Waals surface area contributed by atoms with Gasteiger partial charge in [0.15, 0.2) is 5.78 Å². The van der Waals surface area contributed by atoms with Crippen LogP contribution in [0.2, 0.25) is 5.02 Å². The third kappa shape index (κ3) is 4.19. The Kier molecular flexibility index (Phi) is 6.05. The topological polar surface area (TPSA) is 55.4 Å². The number of ketones is 1. The number of halogens is 1. The van der Waals surface area contributed by atoms with Gasteiger partial charge >= 0.3 is 5.97 Å². The van der Waals surface area contributed by atoms with Crippen molar-refractivity contribution in [2.24, 2.45) is 0 Å². The SMILES string of the molecule is CC1=C(C(=O)OCCc2ccccc2)[C@@H](c2cccc(Cl)c2)C2=C(CCCC2=O)N1. The first-order valence-electron chi connectivity index (χ1n) is 10.2. The smallest absolute Gasteiger partial charge is 0.336 e. The van der Waals surface area contributed by atoms with Gasteiger partial charge in [0.1, 0.15) is 0 Å². The predicted octanol–water partition coefficient (Wildman–Crippen LogP) is 5.09. The Morgan fingerprint density at radius 1 is 1.13 bits per heavy atom. The molecule has 2 aromatic rings. The lowest BCUT2D eigenvalue weighted by Crippen LogP contribution is -2.34. The monoisotopic (exact) mass is 421 g/mol. The number of esters is 1. The Balaban J connectivity index is 1.64. The highest BCUT2D eigenvalue weighted by atomic mass is 35.5. The van der Waals surface area contributed by atoms with Crippen molar-refractivity contribution in [3.63, 3.8) is 0 Å². The van der Waals surface area contributed by atoms with Crippen LogP contribution in [0.15, 0.2) is 77.1 Å². The van der Waals surface area contributed by atoms with E-state index in [1.54, 1.807) is 6.07 Å². The van der Waals surface area contributed by atoms with E-state index in [-0.39, 0.29) is 12.4 Å². The zero-order chi connectivity index (χ0) is 21.1. The summed E-state index contributed by atoms with van der Waals surface area (Å²) < 4.78 is 5.65. The summed E-state index contributed by atoms with van der Waals surface area (Å²) in [5.41, 5.74) is 4.74. The van der Waals surface area contributed by atoms with Gasteiger partial charge in [-0.1, -0.05) is 54.1 Å². The highest BCUT2D eigenvalue weighted by molar-refractivity contribution is 6.30. The molecule has 0 fully saturated rings. The minimum atomic E-state index is -0.461. The van der Waals surface area contributed by atoms with Gasteiger partial charge in [-0.05, 0) is 43.0 Å².